The molecule has 0 radical (unpaired) electrons. The lowest BCUT2D eigenvalue weighted by molar-refractivity contribution is -0.142. The van der Waals surface area contributed by atoms with E-state index in [0.29, 0.717) is 78.0 Å². The first-order valence-electron chi connectivity index (χ1n) is 13.6. The van der Waals surface area contributed by atoms with Gasteiger partial charge in [-0.15, -0.1) is 0 Å². The number of hydrogen-bond donors (Lipinski definition) is 4. The van der Waals surface area contributed by atoms with Crippen molar-refractivity contribution in [2.45, 2.75) is 53.4 Å². The first kappa shape index (κ1) is 33.7. The average molecular weight is 545 g/mol. The topological polar surface area (TPSA) is 162 Å². The summed E-state index contributed by atoms with van der Waals surface area (Å²) in [6.45, 7) is 10.4. The molecule has 1 aliphatic rings. The van der Waals surface area contributed by atoms with E-state index in [0.717, 1.165) is 0 Å². The van der Waals surface area contributed by atoms with E-state index in [4.69, 9.17) is 0 Å². The Kier molecular flexibility index (Phi) is 14.2. The number of nitrogens with zero attached hydrogens (tertiary/aromatic N) is 4. The molecule has 1 rings (SSSR count). The molecule has 38 heavy (non-hydrogen) atoms. The van der Waals surface area contributed by atoms with Crippen LogP contribution in [-0.2, 0) is 19.2 Å². The van der Waals surface area contributed by atoms with Crippen LogP contribution in [0.3, 0.4) is 0 Å². The highest BCUT2D eigenvalue weighted by Crippen LogP contribution is 2.31. The fraction of sp³-hybridized carbons (Fsp3) is 0.846. The van der Waals surface area contributed by atoms with Gasteiger partial charge in [0.1, 0.15) is 0 Å². The van der Waals surface area contributed by atoms with E-state index in [9.17, 15) is 39.6 Å². The quantitative estimate of drug-likeness (QED) is 0.278. The lowest BCUT2D eigenvalue weighted by Gasteiger charge is -2.44. The van der Waals surface area contributed by atoms with Crippen LogP contribution in [0.2, 0.25) is 0 Å². The molecule has 1 aliphatic heterocycles. The molecule has 220 valence electrons. The Hall–Kier alpha value is -2.28. The molecule has 0 aliphatic carbocycles. The van der Waals surface area contributed by atoms with E-state index >= 15 is 0 Å². The van der Waals surface area contributed by atoms with Gasteiger partial charge in [-0.05, 0) is 36.5 Å². The Labute approximate surface area is 226 Å². The van der Waals surface area contributed by atoms with E-state index in [1.165, 1.54) is 0 Å². The Morgan fingerprint density at radius 1 is 0.474 bits per heavy atom. The average Bonchev–Trinajstić information content (AvgIpc) is 2.82. The molecule has 0 unspecified atom stereocenters. The number of hydrogen-bond acceptors (Lipinski definition) is 8. The van der Waals surface area contributed by atoms with Crippen LogP contribution in [0.25, 0.3) is 0 Å². The minimum Gasteiger partial charge on any atom is -0.480 e. The number of carboxylic acid groups (broad SMARTS) is 4. The summed E-state index contributed by atoms with van der Waals surface area (Å²) in [6.07, 6.45) is 2.79. The van der Waals surface area contributed by atoms with Crippen LogP contribution in [0.4, 0.5) is 0 Å². The largest absolute Gasteiger partial charge is 0.480 e. The summed E-state index contributed by atoms with van der Waals surface area (Å²) >= 11 is 0. The lowest BCUT2D eigenvalue weighted by Crippen LogP contribution is -2.53. The minimum absolute atomic E-state index is 0.194. The number of carbonyl (C=O) groups is 4. The van der Waals surface area contributed by atoms with Gasteiger partial charge < -0.3 is 20.4 Å². The van der Waals surface area contributed by atoms with Crippen molar-refractivity contribution in [1.29, 1.82) is 0 Å². The van der Waals surface area contributed by atoms with Gasteiger partial charge in [0.15, 0.2) is 0 Å². The van der Waals surface area contributed by atoms with Crippen molar-refractivity contribution in [3.8, 4) is 0 Å². The molecule has 0 bridgehead atoms. The van der Waals surface area contributed by atoms with Crippen LogP contribution < -0.4 is 0 Å². The van der Waals surface area contributed by atoms with E-state index in [2.05, 4.69) is 0 Å². The molecule has 0 atom stereocenters. The molecule has 12 heteroatoms. The minimum atomic E-state index is -0.972. The van der Waals surface area contributed by atoms with Gasteiger partial charge in [-0.25, -0.2) is 0 Å². The second-order valence-electron chi connectivity index (χ2n) is 10.8. The monoisotopic (exact) mass is 544 g/mol. The molecule has 1 fully saturated rings. The van der Waals surface area contributed by atoms with E-state index in [1.807, 2.05) is 47.3 Å². The van der Waals surface area contributed by atoms with Crippen LogP contribution in [0.15, 0.2) is 0 Å². The predicted molar refractivity (Wildman–Crippen MR) is 142 cm³/mol. The predicted octanol–water partition coefficient (Wildman–Crippen LogP) is 1.16. The third-order valence-corrected chi connectivity index (χ3v) is 8.14. The van der Waals surface area contributed by atoms with Crippen LogP contribution in [0.5, 0.6) is 0 Å². The van der Waals surface area contributed by atoms with Gasteiger partial charge in [-0.2, -0.15) is 0 Å². The zero-order valence-electron chi connectivity index (χ0n) is 23.5. The summed E-state index contributed by atoms with van der Waals surface area (Å²) in [7, 11) is 0. The number of aliphatic carboxylic acids is 4. The van der Waals surface area contributed by atoms with Gasteiger partial charge in [0.05, 0.1) is 26.2 Å². The summed E-state index contributed by atoms with van der Waals surface area (Å²) in [5.41, 5.74) is -0.776. The normalized spacial score (nSPS) is 20.9. The maximum atomic E-state index is 11.7. The van der Waals surface area contributed by atoms with Gasteiger partial charge in [0.25, 0.3) is 0 Å². The Bertz CT molecular complexity index is 665. The van der Waals surface area contributed by atoms with Crippen molar-refractivity contribution in [3.05, 3.63) is 0 Å². The maximum absolute atomic E-state index is 11.7. The number of rotatable bonds is 12. The second kappa shape index (κ2) is 16.0. The Morgan fingerprint density at radius 3 is 0.789 bits per heavy atom. The van der Waals surface area contributed by atoms with E-state index in [1.54, 1.807) is 0 Å². The molecule has 0 aromatic heterocycles. The van der Waals surface area contributed by atoms with Gasteiger partial charge in [-0.1, -0.05) is 27.7 Å². The zero-order valence-corrected chi connectivity index (χ0v) is 23.5. The zero-order chi connectivity index (χ0) is 28.9. The van der Waals surface area contributed by atoms with Gasteiger partial charge in [0, 0.05) is 52.4 Å². The molecule has 12 nitrogen and oxygen atoms in total. The maximum Gasteiger partial charge on any atom is 0.317 e. The van der Waals surface area contributed by atoms with Crippen LogP contribution in [0.1, 0.15) is 53.4 Å². The van der Waals surface area contributed by atoms with Crippen molar-refractivity contribution in [1.82, 2.24) is 19.6 Å². The third-order valence-electron chi connectivity index (χ3n) is 8.14. The third kappa shape index (κ3) is 11.6. The summed E-state index contributed by atoms with van der Waals surface area (Å²) in [6, 6.07) is 0. The smallest absolute Gasteiger partial charge is 0.317 e. The second-order valence-corrected chi connectivity index (χ2v) is 10.8. The molecule has 0 amide bonds. The van der Waals surface area contributed by atoms with Crippen molar-refractivity contribution in [3.63, 3.8) is 0 Å². The summed E-state index contributed by atoms with van der Waals surface area (Å²) in [5, 5.41) is 38.4. The van der Waals surface area contributed by atoms with Crippen molar-refractivity contribution < 1.29 is 39.6 Å². The summed E-state index contributed by atoms with van der Waals surface area (Å²) in [5.74, 6) is -3.89. The molecule has 0 aromatic rings. The van der Waals surface area contributed by atoms with E-state index in [-0.39, 0.29) is 37.0 Å². The van der Waals surface area contributed by atoms with Crippen molar-refractivity contribution in [2.75, 3.05) is 78.5 Å². The van der Waals surface area contributed by atoms with Gasteiger partial charge in [-0.3, -0.25) is 38.8 Å². The Morgan fingerprint density at radius 2 is 0.658 bits per heavy atom. The highest BCUT2D eigenvalue weighted by molar-refractivity contribution is 5.70. The van der Waals surface area contributed by atoms with Crippen LogP contribution >= 0.6 is 0 Å². The van der Waals surface area contributed by atoms with Crippen molar-refractivity contribution >= 4 is 23.9 Å². The SMILES string of the molecule is CCC1(CC)CN(CC(=O)O)CCN(CC(=O)O)CC(CC)(CC)CN(CC(=O)O)CCN(CC(=O)O)C1. The number of carboxylic acids is 4. The van der Waals surface area contributed by atoms with Crippen LogP contribution in [0, 0.1) is 10.8 Å². The van der Waals surface area contributed by atoms with Gasteiger partial charge >= 0.3 is 23.9 Å². The van der Waals surface area contributed by atoms with Crippen LogP contribution in [-0.4, -0.2) is 142 Å². The van der Waals surface area contributed by atoms with Crippen molar-refractivity contribution in [2.24, 2.45) is 10.8 Å². The van der Waals surface area contributed by atoms with E-state index < -0.39 is 23.9 Å². The molecule has 1 saturated heterocycles. The molecule has 4 N–H and O–H groups in total. The molecule has 0 saturated carbocycles. The highest BCUT2D eigenvalue weighted by atomic mass is 16.4. The molecule has 0 spiro atoms. The molecular formula is C26H48N4O8. The fourth-order valence-electron chi connectivity index (χ4n) is 5.58. The Balaban J connectivity index is 3.54. The molecule has 1 heterocycles. The van der Waals surface area contributed by atoms with Gasteiger partial charge in [0.2, 0.25) is 0 Å². The summed E-state index contributed by atoms with van der Waals surface area (Å²) in [4.78, 5) is 54.3. The first-order chi connectivity index (χ1) is 17.8. The fourth-order valence-corrected chi connectivity index (χ4v) is 5.58. The lowest BCUT2D eigenvalue weighted by atomic mass is 9.80. The summed E-state index contributed by atoms with van der Waals surface area (Å²) < 4.78 is 0. The molecular weight excluding hydrogens is 496 g/mol. The first-order valence-corrected chi connectivity index (χ1v) is 13.6. The standard InChI is InChI=1S/C26H48N4O8/c1-5-25(6-2)17-27(13-21(31)32)9-11-29(15-23(35)36)19-26(7-3,8-4)20-30(16-24(37)38)12-10-28(18-25)14-22(33)34/h5-20H2,1-4H3,(H,31,32)(H,33,34)(H,35,36)(H,37,38). The highest BCUT2D eigenvalue weighted by Gasteiger charge is 2.36. The molecule has 0 aromatic carbocycles.